The molecule has 8 nitrogen and oxygen atoms in total. The molecule has 0 aromatic carbocycles. The second-order valence-corrected chi connectivity index (χ2v) is 12.4. The van der Waals surface area contributed by atoms with E-state index in [1.54, 1.807) is 6.92 Å². The van der Waals surface area contributed by atoms with Gasteiger partial charge >= 0.3 is 6.09 Å². The first-order valence-corrected chi connectivity index (χ1v) is 14.5. The third kappa shape index (κ3) is 4.71. The van der Waals surface area contributed by atoms with Gasteiger partial charge in [0.05, 0.1) is 12.1 Å². The summed E-state index contributed by atoms with van der Waals surface area (Å²) in [7, 11) is 0. The second kappa shape index (κ2) is 9.82. The lowest BCUT2D eigenvalue weighted by atomic mass is 9.73. The van der Waals surface area contributed by atoms with Crippen molar-refractivity contribution in [1.29, 1.82) is 0 Å². The summed E-state index contributed by atoms with van der Waals surface area (Å²) in [5.41, 5.74) is 3.64. The van der Waals surface area contributed by atoms with E-state index in [4.69, 9.17) is 4.74 Å². The fourth-order valence-electron chi connectivity index (χ4n) is 8.30. The van der Waals surface area contributed by atoms with Gasteiger partial charge in [0, 0.05) is 51.1 Å². The number of nitrogens with one attached hydrogen (secondary N) is 2. The Labute approximate surface area is 210 Å². The molecule has 8 atom stereocenters. The van der Waals surface area contributed by atoms with Crippen molar-refractivity contribution in [3.63, 3.8) is 0 Å². The number of nitrogens with zero attached hydrogens (tertiary/aromatic N) is 3. The molecule has 196 valence electrons. The molecule has 3 saturated heterocycles. The molecule has 2 N–H and O–H groups in total. The van der Waals surface area contributed by atoms with Gasteiger partial charge in [-0.1, -0.05) is 12.8 Å². The summed E-state index contributed by atoms with van der Waals surface area (Å²) >= 11 is 0. The van der Waals surface area contributed by atoms with E-state index in [1.807, 2.05) is 4.90 Å². The number of hydrogen-bond acceptors (Lipinski definition) is 6. The van der Waals surface area contributed by atoms with Gasteiger partial charge < -0.3 is 19.9 Å². The van der Waals surface area contributed by atoms with Crippen molar-refractivity contribution < 1.29 is 14.3 Å². The Morgan fingerprint density at radius 2 is 1.69 bits per heavy atom. The minimum absolute atomic E-state index is 0.0216. The van der Waals surface area contributed by atoms with Crippen LogP contribution in [0, 0.1) is 23.7 Å². The molecule has 2 amide bonds. The number of hydrazine groups is 1. The van der Waals surface area contributed by atoms with Crippen LogP contribution in [0.1, 0.15) is 71.6 Å². The van der Waals surface area contributed by atoms with Crippen LogP contribution in [0.2, 0.25) is 0 Å². The molecule has 3 aliphatic carbocycles. The van der Waals surface area contributed by atoms with Crippen LogP contribution < -0.4 is 10.7 Å². The molecular formula is C27H45N5O3. The van der Waals surface area contributed by atoms with Crippen molar-refractivity contribution in [2.24, 2.45) is 23.7 Å². The van der Waals surface area contributed by atoms with E-state index in [-0.39, 0.29) is 36.2 Å². The first kappa shape index (κ1) is 24.0. The number of ether oxygens (including phenoxy) is 1. The monoisotopic (exact) mass is 487 g/mol. The summed E-state index contributed by atoms with van der Waals surface area (Å²) in [4.78, 5) is 30.5. The molecule has 0 aromatic heterocycles. The molecule has 7 unspecified atom stereocenters. The van der Waals surface area contributed by atoms with E-state index >= 15 is 0 Å². The number of carbonyl (C=O) groups is 2. The maximum atomic E-state index is 13.7. The maximum Gasteiger partial charge on any atom is 0.410 e. The Balaban J connectivity index is 1.17. The van der Waals surface area contributed by atoms with Crippen LogP contribution in [0.3, 0.4) is 0 Å². The van der Waals surface area contributed by atoms with Crippen molar-refractivity contribution in [3.8, 4) is 0 Å². The van der Waals surface area contributed by atoms with Crippen molar-refractivity contribution in [2.45, 2.75) is 102 Å². The first-order valence-electron chi connectivity index (χ1n) is 14.5. The van der Waals surface area contributed by atoms with Crippen molar-refractivity contribution in [2.75, 3.05) is 32.7 Å². The van der Waals surface area contributed by atoms with Gasteiger partial charge in [0.1, 0.15) is 6.10 Å². The van der Waals surface area contributed by atoms with Gasteiger partial charge in [-0.05, 0) is 76.2 Å². The van der Waals surface area contributed by atoms with E-state index in [2.05, 4.69) is 27.6 Å². The maximum absolute atomic E-state index is 13.7. The summed E-state index contributed by atoms with van der Waals surface area (Å²) in [6, 6.07) is 0.943. The molecule has 3 aliphatic heterocycles. The standard InChI is InChI=1S/C27H45N5O3/c1-17-15-30(27(34)35-26-14-28-12-20-5-3-4-6-23(20)26)25-11-19(7-10-24(25)32(17)18(2)33)21-13-29-31(16-21)22-8-9-22/h17,19-26,28-29H,3-16H2,1-2H3/t17-,19?,20?,21?,23?,24?,25?,26?/m0/s1. The van der Waals surface area contributed by atoms with E-state index in [9.17, 15) is 9.59 Å². The summed E-state index contributed by atoms with van der Waals surface area (Å²) in [6.45, 7) is 8.38. The average Bonchev–Trinajstić information content (AvgIpc) is 3.59. The highest BCUT2D eigenvalue weighted by molar-refractivity contribution is 5.75. The van der Waals surface area contributed by atoms with Gasteiger partial charge in [0.2, 0.25) is 5.91 Å². The molecule has 6 rings (SSSR count). The Morgan fingerprint density at radius 3 is 2.49 bits per heavy atom. The van der Waals surface area contributed by atoms with Crippen LogP contribution in [-0.2, 0) is 9.53 Å². The predicted molar refractivity (Wildman–Crippen MR) is 133 cm³/mol. The van der Waals surface area contributed by atoms with Crippen molar-refractivity contribution >= 4 is 12.0 Å². The van der Waals surface area contributed by atoms with Crippen LogP contribution in [0.25, 0.3) is 0 Å². The van der Waals surface area contributed by atoms with Crippen LogP contribution in [-0.4, -0.2) is 89.8 Å². The minimum Gasteiger partial charge on any atom is -0.444 e. The van der Waals surface area contributed by atoms with Gasteiger partial charge in [-0.3, -0.25) is 10.2 Å². The predicted octanol–water partition coefficient (Wildman–Crippen LogP) is 2.59. The molecule has 3 heterocycles. The number of amides is 2. The Hall–Kier alpha value is -1.38. The molecule has 0 radical (unpaired) electrons. The van der Waals surface area contributed by atoms with Crippen LogP contribution in [0.5, 0.6) is 0 Å². The topological polar surface area (TPSA) is 77.2 Å². The Kier molecular flexibility index (Phi) is 6.73. The third-order valence-electron chi connectivity index (χ3n) is 10.2. The highest BCUT2D eigenvalue weighted by Gasteiger charge is 2.49. The second-order valence-electron chi connectivity index (χ2n) is 12.4. The number of piperidine rings is 1. The summed E-state index contributed by atoms with van der Waals surface area (Å²) < 4.78 is 6.31. The molecule has 8 heteroatoms. The van der Waals surface area contributed by atoms with Gasteiger partial charge in [-0.2, -0.15) is 0 Å². The van der Waals surface area contributed by atoms with E-state index in [0.717, 1.165) is 51.5 Å². The first-order chi connectivity index (χ1) is 17.0. The number of rotatable bonds is 3. The lowest BCUT2D eigenvalue weighted by Crippen LogP contribution is -2.67. The molecular weight excluding hydrogens is 442 g/mol. The van der Waals surface area contributed by atoms with Gasteiger partial charge in [-0.25, -0.2) is 9.80 Å². The highest BCUT2D eigenvalue weighted by atomic mass is 16.6. The molecule has 0 spiro atoms. The summed E-state index contributed by atoms with van der Waals surface area (Å²) in [5, 5.41) is 5.99. The zero-order valence-electron chi connectivity index (χ0n) is 21.7. The normalized spacial score (nSPS) is 42.3. The SMILES string of the molecule is CC(=O)N1C2CCC(C3CNN(C4CC4)C3)CC2N(C(=O)OC2CNCC3CCCCC32)C[C@@H]1C. The third-order valence-corrected chi connectivity index (χ3v) is 10.2. The molecule has 0 bridgehead atoms. The molecule has 0 aromatic rings. The van der Waals surface area contributed by atoms with Crippen molar-refractivity contribution in [1.82, 2.24) is 25.6 Å². The van der Waals surface area contributed by atoms with Crippen LogP contribution in [0.4, 0.5) is 4.79 Å². The quantitative estimate of drug-likeness (QED) is 0.637. The number of hydrogen-bond donors (Lipinski definition) is 2. The van der Waals surface area contributed by atoms with Gasteiger partial charge in [-0.15, -0.1) is 0 Å². The van der Waals surface area contributed by atoms with Crippen molar-refractivity contribution in [3.05, 3.63) is 0 Å². The molecule has 6 fully saturated rings. The van der Waals surface area contributed by atoms with E-state index < -0.39 is 0 Å². The smallest absolute Gasteiger partial charge is 0.410 e. The molecule has 3 saturated carbocycles. The Morgan fingerprint density at radius 1 is 0.857 bits per heavy atom. The zero-order chi connectivity index (χ0) is 24.1. The van der Waals surface area contributed by atoms with Gasteiger partial charge in [0.25, 0.3) is 0 Å². The number of piperazine rings is 1. The van der Waals surface area contributed by atoms with Gasteiger partial charge in [0.15, 0.2) is 0 Å². The average molecular weight is 488 g/mol. The largest absolute Gasteiger partial charge is 0.444 e. The summed E-state index contributed by atoms with van der Waals surface area (Å²) in [6.07, 6.45) is 10.6. The van der Waals surface area contributed by atoms with Crippen LogP contribution >= 0.6 is 0 Å². The van der Waals surface area contributed by atoms with Crippen LogP contribution in [0.15, 0.2) is 0 Å². The fourth-order valence-corrected chi connectivity index (χ4v) is 8.30. The van der Waals surface area contributed by atoms with E-state index in [1.165, 1.54) is 38.5 Å². The number of fused-ring (bicyclic) bond motifs is 2. The summed E-state index contributed by atoms with van der Waals surface area (Å²) in [5.74, 6) is 2.50. The van der Waals surface area contributed by atoms with E-state index in [0.29, 0.717) is 30.2 Å². The highest BCUT2D eigenvalue weighted by Crippen LogP contribution is 2.41. The fraction of sp³-hybridized carbons (Fsp3) is 0.926. The molecule has 6 aliphatic rings. The number of carbonyl (C=O) groups excluding carboxylic acids is 2. The Bertz CT molecular complexity index is 804. The lowest BCUT2D eigenvalue weighted by molar-refractivity contribution is -0.143. The lowest BCUT2D eigenvalue weighted by Gasteiger charge is -2.54. The minimum atomic E-state index is -0.141. The molecule has 35 heavy (non-hydrogen) atoms. The zero-order valence-corrected chi connectivity index (χ0v) is 21.7.